The van der Waals surface area contributed by atoms with Crippen molar-refractivity contribution in [1.82, 2.24) is 15.1 Å². The molecule has 0 aliphatic carbocycles. The quantitative estimate of drug-likeness (QED) is 0.755. The predicted molar refractivity (Wildman–Crippen MR) is 66.2 cm³/mol. The molecular formula is C11H21N3S. The van der Waals surface area contributed by atoms with Crippen LogP contribution in [0.25, 0.3) is 0 Å². The molecule has 0 radical (unpaired) electrons. The van der Waals surface area contributed by atoms with Gasteiger partial charge in [0.15, 0.2) is 0 Å². The van der Waals surface area contributed by atoms with Crippen LogP contribution in [0.4, 0.5) is 0 Å². The Kier molecular flexibility index (Phi) is 5.19. The van der Waals surface area contributed by atoms with Gasteiger partial charge in [-0.2, -0.15) is 5.10 Å². The molecule has 15 heavy (non-hydrogen) atoms. The first-order chi connectivity index (χ1) is 7.17. The predicted octanol–water partition coefficient (Wildman–Crippen LogP) is 2.15. The summed E-state index contributed by atoms with van der Waals surface area (Å²) in [5, 5.41) is 7.54. The van der Waals surface area contributed by atoms with Crippen molar-refractivity contribution in [2.45, 2.75) is 31.2 Å². The molecule has 0 amide bonds. The molecule has 2 atom stereocenters. The van der Waals surface area contributed by atoms with E-state index >= 15 is 0 Å². The van der Waals surface area contributed by atoms with E-state index in [9.17, 15) is 0 Å². The van der Waals surface area contributed by atoms with E-state index in [2.05, 4.69) is 30.5 Å². The fourth-order valence-electron chi connectivity index (χ4n) is 1.48. The van der Waals surface area contributed by atoms with E-state index in [4.69, 9.17) is 0 Å². The highest BCUT2D eigenvalue weighted by molar-refractivity contribution is 7.99. The second-order valence-electron chi connectivity index (χ2n) is 3.94. The molecule has 1 aromatic heterocycles. The molecule has 1 heterocycles. The summed E-state index contributed by atoms with van der Waals surface area (Å²) in [6, 6.07) is 0.584. The Morgan fingerprint density at radius 1 is 1.60 bits per heavy atom. The first-order valence-corrected chi connectivity index (χ1v) is 6.44. The van der Waals surface area contributed by atoms with Gasteiger partial charge in [0.05, 0.1) is 6.20 Å². The van der Waals surface area contributed by atoms with Crippen molar-refractivity contribution in [3.63, 3.8) is 0 Å². The summed E-state index contributed by atoms with van der Waals surface area (Å²) in [4.78, 5) is 1.25. The molecule has 0 saturated heterocycles. The van der Waals surface area contributed by atoms with E-state index in [1.807, 2.05) is 36.7 Å². The summed E-state index contributed by atoms with van der Waals surface area (Å²) >= 11 is 1.87. The fourth-order valence-corrected chi connectivity index (χ4v) is 2.69. The number of hydrogen-bond donors (Lipinski definition) is 1. The second-order valence-corrected chi connectivity index (χ2v) is 5.03. The third-order valence-electron chi connectivity index (χ3n) is 2.81. The highest BCUT2D eigenvalue weighted by atomic mass is 32.2. The molecule has 0 spiro atoms. The third kappa shape index (κ3) is 3.87. The number of aryl methyl sites for hydroxylation is 1. The summed E-state index contributed by atoms with van der Waals surface area (Å²) in [5.41, 5.74) is 0. The molecule has 4 heteroatoms. The maximum absolute atomic E-state index is 4.16. The van der Waals surface area contributed by atoms with Gasteiger partial charge in [-0.05, 0) is 13.0 Å². The molecule has 0 saturated carbocycles. The standard InChI is InChI=1S/C11H21N3S/c1-5-9(2)11(12-3)8-15-10-6-13-14(4)7-10/h6-7,9,11-12H,5,8H2,1-4H3. The molecule has 0 aliphatic rings. The molecule has 3 nitrogen and oxygen atoms in total. The first-order valence-electron chi connectivity index (χ1n) is 5.46. The maximum atomic E-state index is 4.16. The number of nitrogens with one attached hydrogen (secondary N) is 1. The van der Waals surface area contributed by atoms with Crippen LogP contribution in [0.5, 0.6) is 0 Å². The SMILES string of the molecule is CCC(C)C(CSc1cnn(C)c1)NC. The summed E-state index contributed by atoms with van der Waals surface area (Å²) < 4.78 is 1.85. The molecule has 0 aromatic carbocycles. The minimum atomic E-state index is 0.584. The lowest BCUT2D eigenvalue weighted by Crippen LogP contribution is -2.34. The lowest BCUT2D eigenvalue weighted by atomic mass is 10.0. The van der Waals surface area contributed by atoms with Gasteiger partial charge in [0, 0.05) is 29.9 Å². The van der Waals surface area contributed by atoms with E-state index < -0.39 is 0 Å². The highest BCUT2D eigenvalue weighted by Crippen LogP contribution is 2.20. The van der Waals surface area contributed by atoms with Gasteiger partial charge in [0.2, 0.25) is 0 Å². The topological polar surface area (TPSA) is 29.9 Å². The largest absolute Gasteiger partial charge is 0.316 e. The van der Waals surface area contributed by atoms with Crippen molar-refractivity contribution in [2.24, 2.45) is 13.0 Å². The lowest BCUT2D eigenvalue weighted by Gasteiger charge is -2.21. The molecule has 1 N–H and O–H groups in total. The minimum Gasteiger partial charge on any atom is -0.316 e. The van der Waals surface area contributed by atoms with Crippen molar-refractivity contribution in [1.29, 1.82) is 0 Å². The van der Waals surface area contributed by atoms with E-state index in [0.29, 0.717) is 6.04 Å². The Balaban J connectivity index is 2.40. The van der Waals surface area contributed by atoms with E-state index in [1.165, 1.54) is 11.3 Å². The number of rotatable bonds is 6. The number of thioether (sulfide) groups is 1. The van der Waals surface area contributed by atoms with Gasteiger partial charge >= 0.3 is 0 Å². The van der Waals surface area contributed by atoms with Crippen LogP contribution in [0.2, 0.25) is 0 Å². The van der Waals surface area contributed by atoms with Crippen LogP contribution in [0, 0.1) is 5.92 Å². The van der Waals surface area contributed by atoms with Crippen molar-refractivity contribution in [2.75, 3.05) is 12.8 Å². The van der Waals surface area contributed by atoms with E-state index in [-0.39, 0.29) is 0 Å². The smallest absolute Gasteiger partial charge is 0.0625 e. The molecule has 0 bridgehead atoms. The van der Waals surface area contributed by atoms with Crippen LogP contribution in [0.15, 0.2) is 17.3 Å². The van der Waals surface area contributed by atoms with Crippen LogP contribution >= 0.6 is 11.8 Å². The Morgan fingerprint density at radius 3 is 2.80 bits per heavy atom. The van der Waals surface area contributed by atoms with E-state index in [0.717, 1.165) is 11.7 Å². The van der Waals surface area contributed by atoms with Gasteiger partial charge in [-0.1, -0.05) is 20.3 Å². The fraction of sp³-hybridized carbons (Fsp3) is 0.727. The molecule has 1 rings (SSSR count). The third-order valence-corrected chi connectivity index (χ3v) is 3.88. The second kappa shape index (κ2) is 6.18. The van der Waals surface area contributed by atoms with Gasteiger partial charge in [0.25, 0.3) is 0 Å². The first kappa shape index (κ1) is 12.6. The summed E-state index contributed by atoms with van der Waals surface area (Å²) in [7, 11) is 3.99. The Labute approximate surface area is 96.6 Å². The van der Waals surface area contributed by atoms with Crippen molar-refractivity contribution >= 4 is 11.8 Å². The van der Waals surface area contributed by atoms with Gasteiger partial charge in [-0.3, -0.25) is 4.68 Å². The molecule has 1 aromatic rings. The van der Waals surface area contributed by atoms with Crippen molar-refractivity contribution in [3.05, 3.63) is 12.4 Å². The zero-order valence-corrected chi connectivity index (χ0v) is 10.8. The zero-order chi connectivity index (χ0) is 11.3. The van der Waals surface area contributed by atoms with Gasteiger partial charge < -0.3 is 5.32 Å². The van der Waals surface area contributed by atoms with E-state index in [1.54, 1.807) is 0 Å². The van der Waals surface area contributed by atoms with Crippen LogP contribution in [-0.4, -0.2) is 28.6 Å². The van der Waals surface area contributed by atoms with Crippen molar-refractivity contribution in [3.8, 4) is 0 Å². The average molecular weight is 227 g/mol. The van der Waals surface area contributed by atoms with Crippen LogP contribution in [-0.2, 0) is 7.05 Å². The van der Waals surface area contributed by atoms with Crippen LogP contribution in [0.3, 0.4) is 0 Å². The summed E-state index contributed by atoms with van der Waals surface area (Å²) in [6.45, 7) is 4.54. The van der Waals surface area contributed by atoms with Crippen LogP contribution < -0.4 is 5.32 Å². The summed E-state index contributed by atoms with van der Waals surface area (Å²) in [5.74, 6) is 1.83. The zero-order valence-electron chi connectivity index (χ0n) is 10.0. The van der Waals surface area contributed by atoms with Gasteiger partial charge in [0.1, 0.15) is 0 Å². The monoisotopic (exact) mass is 227 g/mol. The number of hydrogen-bond acceptors (Lipinski definition) is 3. The minimum absolute atomic E-state index is 0.584. The number of nitrogens with zero attached hydrogens (tertiary/aromatic N) is 2. The maximum Gasteiger partial charge on any atom is 0.0625 e. The normalized spacial score (nSPS) is 15.2. The Bertz CT molecular complexity index is 285. The Hall–Kier alpha value is -0.480. The Morgan fingerprint density at radius 2 is 2.33 bits per heavy atom. The molecule has 0 fully saturated rings. The molecule has 0 aliphatic heterocycles. The lowest BCUT2D eigenvalue weighted by molar-refractivity contribution is 0.420. The van der Waals surface area contributed by atoms with Gasteiger partial charge in [-0.15, -0.1) is 11.8 Å². The van der Waals surface area contributed by atoms with Gasteiger partial charge in [-0.25, -0.2) is 0 Å². The number of aromatic nitrogens is 2. The average Bonchev–Trinajstić information content (AvgIpc) is 2.64. The molecule has 86 valence electrons. The molecular weight excluding hydrogens is 206 g/mol. The summed E-state index contributed by atoms with van der Waals surface area (Å²) in [6.07, 6.45) is 5.21. The van der Waals surface area contributed by atoms with Crippen molar-refractivity contribution < 1.29 is 0 Å². The highest BCUT2D eigenvalue weighted by Gasteiger charge is 2.13. The van der Waals surface area contributed by atoms with Crippen LogP contribution in [0.1, 0.15) is 20.3 Å². The molecule has 2 unspecified atom stereocenters.